The second-order valence-corrected chi connectivity index (χ2v) is 6.97. The van der Waals surface area contributed by atoms with Crippen molar-refractivity contribution in [2.45, 2.75) is 31.0 Å². The number of carbonyl (C=O) groups is 3. The Morgan fingerprint density at radius 2 is 1.96 bits per heavy atom. The fourth-order valence-electron chi connectivity index (χ4n) is 3.16. The van der Waals surface area contributed by atoms with Gasteiger partial charge in [-0.2, -0.15) is 0 Å². The van der Waals surface area contributed by atoms with Gasteiger partial charge < -0.3 is 19.5 Å². The molecule has 0 bridgehead atoms. The Hall–Kier alpha value is -2.68. The summed E-state index contributed by atoms with van der Waals surface area (Å²) in [7, 11) is 1.19. The predicted octanol–water partition coefficient (Wildman–Crippen LogP) is 1.09. The van der Waals surface area contributed by atoms with Crippen LogP contribution in [0.15, 0.2) is 30.3 Å². The quantitative estimate of drug-likeness (QED) is 0.617. The lowest BCUT2D eigenvalue weighted by molar-refractivity contribution is -0.165. The van der Waals surface area contributed by atoms with Crippen LogP contribution in [0.1, 0.15) is 19.4 Å². The van der Waals surface area contributed by atoms with Crippen molar-refractivity contribution in [3.63, 3.8) is 0 Å². The molecule has 2 saturated heterocycles. The number of amides is 2. The molecular formula is C17H18N2O6S. The van der Waals surface area contributed by atoms with Gasteiger partial charge in [-0.1, -0.05) is 30.3 Å². The molecule has 9 heteroatoms. The summed E-state index contributed by atoms with van der Waals surface area (Å²) in [6.07, 6.45) is -0.786. The van der Waals surface area contributed by atoms with Gasteiger partial charge in [0.1, 0.15) is 6.61 Å². The summed E-state index contributed by atoms with van der Waals surface area (Å²) in [6, 6.07) is 7.11. The molecule has 138 valence electrons. The van der Waals surface area contributed by atoms with Gasteiger partial charge in [-0.3, -0.25) is 4.79 Å². The molecule has 8 nitrogen and oxygen atoms in total. The molecule has 3 rings (SSSR count). The fraction of sp³-hybridized carbons (Fsp3) is 0.412. The minimum Gasteiger partial charge on any atom is -0.466 e. The smallest absolute Gasteiger partial charge is 0.417 e. The number of carbonyl (C=O) groups excluding carboxylic acids is 3. The Balaban J connectivity index is 2.12. The van der Waals surface area contributed by atoms with Crippen LogP contribution in [0.5, 0.6) is 0 Å². The number of benzene rings is 1. The summed E-state index contributed by atoms with van der Waals surface area (Å²) in [6.45, 7) is 3.42. The van der Waals surface area contributed by atoms with Gasteiger partial charge in [-0.15, -0.1) is 0 Å². The van der Waals surface area contributed by atoms with E-state index < -0.39 is 35.2 Å². The summed E-state index contributed by atoms with van der Waals surface area (Å²) >= 11 is 5.06. The SMILES string of the molecule is COC(=O)[C@]1(c2ccccc2)OC(=S)N[C@@H]1C(=O)N1C(=O)OCC1(C)C. The summed E-state index contributed by atoms with van der Waals surface area (Å²) in [5.41, 5.74) is -2.34. The Labute approximate surface area is 155 Å². The number of cyclic esters (lactones) is 1. The first-order valence-electron chi connectivity index (χ1n) is 7.88. The Bertz CT molecular complexity index is 781. The molecule has 0 aliphatic carbocycles. The zero-order valence-electron chi connectivity index (χ0n) is 14.5. The van der Waals surface area contributed by atoms with E-state index in [2.05, 4.69) is 5.32 Å². The normalized spacial score (nSPS) is 26.7. The van der Waals surface area contributed by atoms with E-state index in [0.717, 1.165) is 4.90 Å². The molecule has 0 saturated carbocycles. The lowest BCUT2D eigenvalue weighted by atomic mass is 9.85. The highest BCUT2D eigenvalue weighted by molar-refractivity contribution is 7.80. The Morgan fingerprint density at radius 3 is 2.50 bits per heavy atom. The fourth-order valence-corrected chi connectivity index (χ4v) is 3.41. The molecule has 1 N–H and O–H groups in total. The number of hydrogen-bond acceptors (Lipinski definition) is 7. The van der Waals surface area contributed by atoms with Crippen molar-refractivity contribution in [2.75, 3.05) is 13.7 Å². The van der Waals surface area contributed by atoms with Gasteiger partial charge in [-0.25, -0.2) is 14.5 Å². The monoisotopic (exact) mass is 378 g/mol. The van der Waals surface area contributed by atoms with Gasteiger partial charge in [0.15, 0.2) is 6.04 Å². The van der Waals surface area contributed by atoms with Gasteiger partial charge >= 0.3 is 12.1 Å². The van der Waals surface area contributed by atoms with Crippen molar-refractivity contribution >= 4 is 35.4 Å². The molecular weight excluding hydrogens is 360 g/mol. The van der Waals surface area contributed by atoms with Crippen molar-refractivity contribution in [1.82, 2.24) is 10.2 Å². The van der Waals surface area contributed by atoms with Crippen LogP contribution in [0.4, 0.5) is 4.79 Å². The number of methoxy groups -OCH3 is 1. The van der Waals surface area contributed by atoms with Crippen molar-refractivity contribution < 1.29 is 28.6 Å². The van der Waals surface area contributed by atoms with Gasteiger partial charge in [0.25, 0.3) is 16.7 Å². The van der Waals surface area contributed by atoms with Crippen molar-refractivity contribution in [2.24, 2.45) is 0 Å². The minimum absolute atomic E-state index is 0.0478. The zero-order valence-corrected chi connectivity index (χ0v) is 15.3. The molecule has 1 aromatic carbocycles. The summed E-state index contributed by atoms with van der Waals surface area (Å²) in [5, 5.41) is 2.57. The van der Waals surface area contributed by atoms with Crippen LogP contribution < -0.4 is 5.32 Å². The van der Waals surface area contributed by atoms with Gasteiger partial charge in [0.05, 0.1) is 12.6 Å². The largest absolute Gasteiger partial charge is 0.466 e. The molecule has 0 radical (unpaired) electrons. The summed E-state index contributed by atoms with van der Waals surface area (Å²) in [5.74, 6) is -1.49. The van der Waals surface area contributed by atoms with E-state index in [1.807, 2.05) is 0 Å². The third-order valence-corrected chi connectivity index (χ3v) is 4.62. The summed E-state index contributed by atoms with van der Waals surface area (Å²) < 4.78 is 15.5. The van der Waals surface area contributed by atoms with Crippen LogP contribution in [0.3, 0.4) is 0 Å². The third kappa shape index (κ3) is 2.59. The molecule has 2 atom stereocenters. The molecule has 2 amide bonds. The number of hydrogen-bond donors (Lipinski definition) is 1. The van der Waals surface area contributed by atoms with E-state index in [0.29, 0.717) is 5.56 Å². The Kier molecular flexibility index (Phi) is 4.35. The maximum absolute atomic E-state index is 13.2. The van der Waals surface area contributed by atoms with Crippen LogP contribution in [0.2, 0.25) is 0 Å². The van der Waals surface area contributed by atoms with E-state index in [4.69, 9.17) is 26.4 Å². The second-order valence-electron chi connectivity index (χ2n) is 6.60. The number of thiocarbonyl (C=S) groups is 1. The number of esters is 1. The van der Waals surface area contributed by atoms with Crippen LogP contribution in [0, 0.1) is 0 Å². The van der Waals surface area contributed by atoms with Crippen LogP contribution >= 0.6 is 12.2 Å². The Morgan fingerprint density at radius 1 is 1.31 bits per heavy atom. The predicted molar refractivity (Wildman–Crippen MR) is 93.0 cm³/mol. The molecule has 2 aliphatic rings. The van der Waals surface area contributed by atoms with Gasteiger partial charge in [-0.05, 0) is 26.1 Å². The van der Waals surface area contributed by atoms with Crippen molar-refractivity contribution in [3.8, 4) is 0 Å². The van der Waals surface area contributed by atoms with Crippen molar-refractivity contribution in [1.29, 1.82) is 0 Å². The topological polar surface area (TPSA) is 94.2 Å². The van der Waals surface area contributed by atoms with E-state index in [9.17, 15) is 14.4 Å². The minimum atomic E-state index is -1.84. The highest BCUT2D eigenvalue weighted by Crippen LogP contribution is 2.38. The first-order valence-corrected chi connectivity index (χ1v) is 8.29. The summed E-state index contributed by atoms with van der Waals surface area (Å²) in [4.78, 5) is 39.1. The molecule has 2 aliphatic heterocycles. The van der Waals surface area contributed by atoms with Gasteiger partial charge in [0.2, 0.25) is 0 Å². The molecule has 2 fully saturated rings. The average molecular weight is 378 g/mol. The molecule has 1 aromatic rings. The highest BCUT2D eigenvalue weighted by atomic mass is 32.1. The number of imide groups is 1. The lowest BCUT2D eigenvalue weighted by Crippen LogP contribution is -2.60. The molecule has 0 unspecified atom stereocenters. The third-order valence-electron chi connectivity index (χ3n) is 4.42. The standard InChI is InChI=1S/C17H18N2O6S/c1-16(2)9-24-15(22)19(16)12(20)11-17(13(21)23-3,25-14(26)18-11)10-7-5-4-6-8-10/h4-8,11H,9H2,1-3H3,(H,18,26)/t11-,17-/m1/s1. The lowest BCUT2D eigenvalue weighted by Gasteiger charge is -2.33. The molecule has 0 spiro atoms. The molecule has 0 aromatic heterocycles. The maximum Gasteiger partial charge on any atom is 0.417 e. The van der Waals surface area contributed by atoms with E-state index in [-0.39, 0.29) is 11.8 Å². The highest BCUT2D eigenvalue weighted by Gasteiger charge is 2.62. The molecule has 2 heterocycles. The van der Waals surface area contributed by atoms with Crippen LogP contribution in [-0.2, 0) is 29.4 Å². The number of nitrogens with zero attached hydrogens (tertiary/aromatic N) is 1. The van der Waals surface area contributed by atoms with Crippen LogP contribution in [-0.4, -0.2) is 53.3 Å². The van der Waals surface area contributed by atoms with Crippen LogP contribution in [0.25, 0.3) is 0 Å². The zero-order chi connectivity index (χ0) is 19.1. The first kappa shape index (κ1) is 18.1. The van der Waals surface area contributed by atoms with E-state index >= 15 is 0 Å². The second kappa shape index (κ2) is 6.24. The van der Waals surface area contributed by atoms with Crippen molar-refractivity contribution in [3.05, 3.63) is 35.9 Å². The maximum atomic E-state index is 13.2. The number of nitrogens with one attached hydrogen (secondary N) is 1. The number of rotatable bonds is 3. The molecule has 26 heavy (non-hydrogen) atoms. The average Bonchev–Trinajstić information content (AvgIpc) is 3.11. The first-order chi connectivity index (χ1) is 12.2. The van der Waals surface area contributed by atoms with E-state index in [1.54, 1.807) is 44.2 Å². The number of ether oxygens (including phenoxy) is 3. The van der Waals surface area contributed by atoms with E-state index in [1.165, 1.54) is 7.11 Å². The van der Waals surface area contributed by atoms with Gasteiger partial charge in [0, 0.05) is 5.56 Å².